The van der Waals surface area contributed by atoms with Gasteiger partial charge in [0.2, 0.25) is 0 Å². The molecule has 0 saturated carbocycles. The fourth-order valence-corrected chi connectivity index (χ4v) is 2.05. The van der Waals surface area contributed by atoms with Gasteiger partial charge in [0.15, 0.2) is 11.5 Å². The van der Waals surface area contributed by atoms with Crippen LogP contribution >= 0.6 is 0 Å². The maximum Gasteiger partial charge on any atom is 0.412 e. The van der Waals surface area contributed by atoms with Crippen molar-refractivity contribution in [2.75, 3.05) is 5.32 Å². The number of ether oxygens (including phenoxy) is 2. The van der Waals surface area contributed by atoms with Crippen molar-refractivity contribution in [1.29, 1.82) is 0 Å². The summed E-state index contributed by atoms with van der Waals surface area (Å²) in [7, 11) is 0. The fourth-order valence-electron chi connectivity index (χ4n) is 2.05. The molecule has 0 unspecified atom stereocenters. The van der Waals surface area contributed by atoms with E-state index < -0.39 is 11.7 Å². The average molecular weight is 343 g/mol. The van der Waals surface area contributed by atoms with Crippen molar-refractivity contribution < 1.29 is 24.2 Å². The zero-order chi connectivity index (χ0) is 18.4. The number of phenols is 1. The molecule has 0 atom stereocenters. The van der Waals surface area contributed by atoms with Crippen molar-refractivity contribution in [1.82, 2.24) is 0 Å². The molecule has 2 N–H and O–H groups in total. The Kier molecular flexibility index (Phi) is 5.64. The highest BCUT2D eigenvalue weighted by Gasteiger charge is 2.16. The largest absolute Gasteiger partial charge is 0.504 e. The minimum atomic E-state index is -0.573. The monoisotopic (exact) mass is 343 g/mol. The summed E-state index contributed by atoms with van der Waals surface area (Å²) in [6, 6.07) is 11.5. The molecule has 25 heavy (non-hydrogen) atoms. The smallest absolute Gasteiger partial charge is 0.412 e. The van der Waals surface area contributed by atoms with Crippen molar-refractivity contribution in [2.24, 2.45) is 0 Å². The van der Waals surface area contributed by atoms with Gasteiger partial charge in [0.25, 0.3) is 0 Å². The third-order valence-corrected chi connectivity index (χ3v) is 3.09. The summed E-state index contributed by atoms with van der Waals surface area (Å²) >= 11 is 0. The van der Waals surface area contributed by atoms with Crippen LogP contribution in [0.25, 0.3) is 0 Å². The highest BCUT2D eigenvalue weighted by atomic mass is 16.6. The lowest BCUT2D eigenvalue weighted by Gasteiger charge is -2.19. The van der Waals surface area contributed by atoms with Crippen LogP contribution in [0.5, 0.6) is 11.5 Å². The predicted octanol–water partition coefficient (Wildman–Crippen LogP) is 4.13. The second-order valence-electron chi connectivity index (χ2n) is 6.46. The molecule has 0 aliphatic heterocycles. The Morgan fingerprint density at radius 1 is 1.20 bits per heavy atom. The molecule has 0 fully saturated rings. The lowest BCUT2D eigenvalue weighted by atomic mass is 10.2. The van der Waals surface area contributed by atoms with E-state index in [2.05, 4.69) is 5.32 Å². The molecule has 0 aliphatic rings. The van der Waals surface area contributed by atoms with Crippen LogP contribution in [-0.2, 0) is 11.3 Å². The SMILES string of the molecule is CC(C)(C)OC(=O)Nc1cccc(COc2ccc(C=O)cc2O)c1. The molecule has 132 valence electrons. The number of anilines is 1. The fraction of sp³-hybridized carbons (Fsp3) is 0.263. The van der Waals surface area contributed by atoms with Crippen molar-refractivity contribution >= 4 is 18.1 Å². The number of benzene rings is 2. The number of amides is 1. The first-order valence-corrected chi connectivity index (χ1v) is 7.77. The van der Waals surface area contributed by atoms with E-state index in [-0.39, 0.29) is 18.1 Å². The van der Waals surface area contributed by atoms with E-state index in [1.54, 1.807) is 45.0 Å². The number of aldehydes is 1. The van der Waals surface area contributed by atoms with Gasteiger partial charge < -0.3 is 14.6 Å². The maximum absolute atomic E-state index is 11.8. The normalized spacial score (nSPS) is 10.8. The van der Waals surface area contributed by atoms with Gasteiger partial charge >= 0.3 is 6.09 Å². The minimum Gasteiger partial charge on any atom is -0.504 e. The number of aromatic hydroxyl groups is 1. The summed E-state index contributed by atoms with van der Waals surface area (Å²) in [6.07, 6.45) is 0.114. The van der Waals surface area contributed by atoms with Gasteiger partial charge in [-0.05, 0) is 56.7 Å². The Morgan fingerprint density at radius 3 is 2.60 bits per heavy atom. The average Bonchev–Trinajstić information content (AvgIpc) is 2.52. The maximum atomic E-state index is 11.8. The molecule has 2 aromatic carbocycles. The molecule has 0 saturated heterocycles. The number of rotatable bonds is 5. The molecule has 0 heterocycles. The van der Waals surface area contributed by atoms with Gasteiger partial charge in [-0.15, -0.1) is 0 Å². The van der Waals surface area contributed by atoms with Gasteiger partial charge in [-0.2, -0.15) is 0 Å². The van der Waals surface area contributed by atoms with E-state index in [4.69, 9.17) is 9.47 Å². The van der Waals surface area contributed by atoms with Gasteiger partial charge in [-0.3, -0.25) is 10.1 Å². The molecule has 1 amide bonds. The van der Waals surface area contributed by atoms with Gasteiger partial charge in [-0.25, -0.2) is 4.79 Å². The number of hydrogen-bond donors (Lipinski definition) is 2. The highest BCUT2D eigenvalue weighted by Crippen LogP contribution is 2.27. The molecular formula is C19H21NO5. The van der Waals surface area contributed by atoms with Gasteiger partial charge in [-0.1, -0.05) is 12.1 Å². The molecule has 2 aromatic rings. The number of phenolic OH excluding ortho intramolecular Hbond substituents is 1. The second-order valence-corrected chi connectivity index (χ2v) is 6.46. The lowest BCUT2D eigenvalue weighted by Crippen LogP contribution is -2.27. The van der Waals surface area contributed by atoms with Crippen LogP contribution in [0.15, 0.2) is 42.5 Å². The topological polar surface area (TPSA) is 84.9 Å². The zero-order valence-electron chi connectivity index (χ0n) is 14.4. The summed E-state index contributed by atoms with van der Waals surface area (Å²) in [4.78, 5) is 22.5. The number of hydrogen-bond acceptors (Lipinski definition) is 5. The van der Waals surface area contributed by atoms with Gasteiger partial charge in [0.05, 0.1) is 0 Å². The van der Waals surface area contributed by atoms with Crippen molar-refractivity contribution in [3.05, 3.63) is 53.6 Å². The predicted molar refractivity (Wildman–Crippen MR) is 94.1 cm³/mol. The molecule has 0 radical (unpaired) electrons. The van der Waals surface area contributed by atoms with E-state index >= 15 is 0 Å². The Balaban J connectivity index is 1.99. The van der Waals surface area contributed by atoms with Crippen LogP contribution in [0.3, 0.4) is 0 Å². The molecule has 6 nitrogen and oxygen atoms in total. The third kappa shape index (κ3) is 5.84. The minimum absolute atomic E-state index is 0.104. The van der Waals surface area contributed by atoms with Crippen LogP contribution in [0, 0.1) is 0 Å². The van der Waals surface area contributed by atoms with Crippen LogP contribution in [0.4, 0.5) is 10.5 Å². The summed E-state index contributed by atoms with van der Waals surface area (Å²) in [5.74, 6) is 0.170. The van der Waals surface area contributed by atoms with E-state index in [9.17, 15) is 14.7 Å². The van der Waals surface area contributed by atoms with E-state index in [1.807, 2.05) is 6.07 Å². The first-order valence-electron chi connectivity index (χ1n) is 7.77. The van der Waals surface area contributed by atoms with Crippen LogP contribution in [-0.4, -0.2) is 23.1 Å². The first kappa shape index (κ1) is 18.3. The first-order chi connectivity index (χ1) is 11.8. The molecule has 6 heteroatoms. The summed E-state index contributed by atoms with van der Waals surface area (Å²) in [6.45, 7) is 5.56. The Hall–Kier alpha value is -3.02. The van der Waals surface area contributed by atoms with E-state index in [1.165, 1.54) is 12.1 Å². The summed E-state index contributed by atoms with van der Waals surface area (Å²) in [5, 5.41) is 12.5. The molecule has 2 rings (SSSR count). The van der Waals surface area contributed by atoms with Crippen LogP contribution in [0.1, 0.15) is 36.7 Å². The van der Waals surface area contributed by atoms with Crippen molar-refractivity contribution in [3.8, 4) is 11.5 Å². The number of nitrogens with one attached hydrogen (secondary N) is 1. The van der Waals surface area contributed by atoms with Crippen molar-refractivity contribution in [3.63, 3.8) is 0 Å². The quantitative estimate of drug-likeness (QED) is 0.797. The molecule has 0 bridgehead atoms. The van der Waals surface area contributed by atoms with Crippen LogP contribution < -0.4 is 10.1 Å². The summed E-state index contributed by atoms with van der Waals surface area (Å²) < 4.78 is 10.8. The standard InChI is InChI=1S/C19H21NO5/c1-19(2,3)25-18(23)20-15-6-4-5-14(9-15)12-24-17-8-7-13(11-21)10-16(17)22/h4-11,22H,12H2,1-3H3,(H,20,23). The van der Waals surface area contributed by atoms with Crippen LogP contribution in [0.2, 0.25) is 0 Å². The highest BCUT2D eigenvalue weighted by molar-refractivity contribution is 5.84. The molecule has 0 spiro atoms. The van der Waals surface area contributed by atoms with Crippen molar-refractivity contribution in [2.45, 2.75) is 33.0 Å². The van der Waals surface area contributed by atoms with E-state index in [0.29, 0.717) is 17.5 Å². The molecular weight excluding hydrogens is 322 g/mol. The number of carbonyl (C=O) groups excluding carboxylic acids is 2. The zero-order valence-corrected chi connectivity index (χ0v) is 14.4. The van der Waals surface area contributed by atoms with Gasteiger partial charge in [0, 0.05) is 11.3 Å². The third-order valence-electron chi connectivity index (χ3n) is 3.09. The Labute approximate surface area is 146 Å². The van der Waals surface area contributed by atoms with Gasteiger partial charge in [0.1, 0.15) is 18.5 Å². The summed E-state index contributed by atoms with van der Waals surface area (Å²) in [5.41, 5.74) is 1.17. The molecule has 0 aliphatic carbocycles. The Bertz CT molecular complexity index is 765. The molecule has 0 aromatic heterocycles. The lowest BCUT2D eigenvalue weighted by molar-refractivity contribution is 0.0635. The Morgan fingerprint density at radius 2 is 1.96 bits per heavy atom. The second kappa shape index (κ2) is 7.70. The van der Waals surface area contributed by atoms with E-state index in [0.717, 1.165) is 5.56 Å². The number of carbonyl (C=O) groups is 2.